The van der Waals surface area contributed by atoms with E-state index < -0.39 is 11.5 Å². The highest BCUT2D eigenvalue weighted by Crippen LogP contribution is 2.40. The molecular weight excluding hydrogens is 272 g/mol. The molecule has 3 rings (SSSR count). The van der Waals surface area contributed by atoms with Gasteiger partial charge < -0.3 is 13.9 Å². The molecule has 0 fully saturated rings. The van der Waals surface area contributed by atoms with Crippen LogP contribution in [0.4, 0.5) is 0 Å². The lowest BCUT2D eigenvalue weighted by Crippen LogP contribution is -2.27. The number of ether oxygens (including phenoxy) is 2. The van der Waals surface area contributed by atoms with Gasteiger partial charge in [0.1, 0.15) is 17.3 Å². The molecule has 21 heavy (non-hydrogen) atoms. The van der Waals surface area contributed by atoms with E-state index in [1.54, 1.807) is 26.2 Å². The van der Waals surface area contributed by atoms with Crippen molar-refractivity contribution < 1.29 is 18.7 Å². The molecule has 2 heterocycles. The summed E-state index contributed by atoms with van der Waals surface area (Å²) in [7, 11) is 1.55. The number of carbonyl (C=O) groups is 1. The lowest BCUT2D eigenvalue weighted by atomic mass is 9.87. The van der Waals surface area contributed by atoms with Gasteiger partial charge >= 0.3 is 11.6 Å². The summed E-state index contributed by atoms with van der Waals surface area (Å²) >= 11 is 0. The maximum atomic E-state index is 12.2. The number of esters is 1. The van der Waals surface area contributed by atoms with E-state index in [-0.39, 0.29) is 18.1 Å². The van der Waals surface area contributed by atoms with Crippen molar-refractivity contribution in [2.45, 2.75) is 19.3 Å². The Hall–Kier alpha value is -2.56. The average molecular weight is 286 g/mol. The molecule has 2 aromatic rings. The molecule has 108 valence electrons. The minimum absolute atomic E-state index is 0.0845. The molecule has 0 N–H and O–H groups in total. The van der Waals surface area contributed by atoms with Crippen molar-refractivity contribution in [2.75, 3.05) is 7.11 Å². The molecule has 0 bridgehead atoms. The summed E-state index contributed by atoms with van der Waals surface area (Å²) in [6.45, 7) is 1.64. The minimum atomic E-state index is -0.478. The van der Waals surface area contributed by atoms with Gasteiger partial charge in [0.25, 0.3) is 0 Å². The van der Waals surface area contributed by atoms with Gasteiger partial charge in [0, 0.05) is 17.5 Å². The van der Waals surface area contributed by atoms with Crippen LogP contribution in [0.15, 0.2) is 39.5 Å². The van der Waals surface area contributed by atoms with Gasteiger partial charge in [-0.3, -0.25) is 4.79 Å². The number of hydrogen-bond acceptors (Lipinski definition) is 5. The minimum Gasteiger partial charge on any atom is -0.496 e. The number of hydrogen-bond donors (Lipinski definition) is 0. The predicted octanol–water partition coefficient (Wildman–Crippen LogP) is 2.40. The standard InChI is InChI=1S/C16H14O5/c1-9-7-13-15(16(18)20-9)11(8-14(17)21-13)10-5-3-4-6-12(10)19-2/h3-7,11H,8H2,1-2H3/t11-/m1/s1. The van der Waals surface area contributed by atoms with Gasteiger partial charge in [-0.1, -0.05) is 18.2 Å². The Morgan fingerprint density at radius 2 is 2.00 bits per heavy atom. The Balaban J connectivity index is 2.22. The zero-order valence-electron chi connectivity index (χ0n) is 11.7. The summed E-state index contributed by atoms with van der Waals surface area (Å²) in [5.74, 6) is 0.518. The Bertz CT molecular complexity index is 760. The molecule has 0 radical (unpaired) electrons. The van der Waals surface area contributed by atoms with Crippen molar-refractivity contribution in [1.82, 2.24) is 0 Å². The second kappa shape index (κ2) is 5.09. The lowest BCUT2D eigenvalue weighted by molar-refractivity contribution is -0.135. The number of rotatable bonds is 2. The van der Waals surface area contributed by atoms with E-state index in [9.17, 15) is 9.59 Å². The third kappa shape index (κ3) is 2.31. The topological polar surface area (TPSA) is 65.7 Å². The summed E-state index contributed by atoms with van der Waals surface area (Å²) in [6.07, 6.45) is 0.0845. The number of para-hydroxylation sites is 1. The lowest BCUT2D eigenvalue weighted by Gasteiger charge is -2.24. The molecule has 1 aromatic heterocycles. The second-order valence-electron chi connectivity index (χ2n) is 4.90. The molecule has 0 saturated heterocycles. The van der Waals surface area contributed by atoms with E-state index in [1.807, 2.05) is 18.2 Å². The number of benzene rings is 1. The summed E-state index contributed by atoms with van der Waals surface area (Å²) in [4.78, 5) is 24.0. The van der Waals surface area contributed by atoms with Crippen molar-refractivity contribution in [3.63, 3.8) is 0 Å². The van der Waals surface area contributed by atoms with Gasteiger partial charge in [-0.2, -0.15) is 0 Å². The van der Waals surface area contributed by atoms with E-state index in [0.717, 1.165) is 5.56 Å². The van der Waals surface area contributed by atoms with Gasteiger partial charge in [-0.15, -0.1) is 0 Å². The zero-order valence-corrected chi connectivity index (χ0v) is 11.7. The molecule has 1 aromatic carbocycles. The molecule has 0 unspecified atom stereocenters. The number of aryl methyl sites for hydroxylation is 1. The smallest absolute Gasteiger partial charge is 0.343 e. The van der Waals surface area contributed by atoms with Crippen LogP contribution in [0.3, 0.4) is 0 Å². The summed E-state index contributed by atoms with van der Waals surface area (Å²) < 4.78 is 15.7. The summed E-state index contributed by atoms with van der Waals surface area (Å²) in [5.41, 5.74) is 0.659. The molecule has 5 nitrogen and oxygen atoms in total. The Labute approximate surface area is 121 Å². The Kier molecular flexibility index (Phi) is 3.25. The number of methoxy groups -OCH3 is 1. The normalized spacial score (nSPS) is 17.0. The van der Waals surface area contributed by atoms with Crippen molar-refractivity contribution in [3.05, 3.63) is 57.6 Å². The van der Waals surface area contributed by atoms with E-state index in [0.29, 0.717) is 17.1 Å². The SMILES string of the molecule is COc1ccccc1[C@H]1CC(=O)Oc2cc(C)oc(=O)c21. The summed E-state index contributed by atoms with van der Waals surface area (Å²) in [6, 6.07) is 8.88. The Morgan fingerprint density at radius 1 is 1.24 bits per heavy atom. The van der Waals surface area contributed by atoms with E-state index >= 15 is 0 Å². The van der Waals surface area contributed by atoms with E-state index in [4.69, 9.17) is 13.9 Å². The van der Waals surface area contributed by atoms with Gasteiger partial charge in [0.2, 0.25) is 0 Å². The highest BCUT2D eigenvalue weighted by Gasteiger charge is 2.33. The molecule has 0 saturated carbocycles. The maximum absolute atomic E-state index is 12.2. The predicted molar refractivity (Wildman–Crippen MR) is 74.8 cm³/mol. The largest absolute Gasteiger partial charge is 0.496 e. The summed E-state index contributed by atoms with van der Waals surface area (Å²) in [5, 5.41) is 0. The van der Waals surface area contributed by atoms with E-state index in [2.05, 4.69) is 0 Å². The van der Waals surface area contributed by atoms with Crippen LogP contribution in [-0.4, -0.2) is 13.1 Å². The molecule has 1 atom stereocenters. The zero-order chi connectivity index (χ0) is 15.0. The highest BCUT2D eigenvalue weighted by molar-refractivity contribution is 5.77. The van der Waals surface area contributed by atoms with Crippen molar-refractivity contribution in [2.24, 2.45) is 0 Å². The first-order chi connectivity index (χ1) is 10.1. The fourth-order valence-corrected chi connectivity index (χ4v) is 2.64. The first kappa shape index (κ1) is 13.4. The molecule has 1 aliphatic heterocycles. The molecule has 0 amide bonds. The van der Waals surface area contributed by atoms with Crippen LogP contribution in [0, 0.1) is 6.92 Å². The third-order valence-electron chi connectivity index (χ3n) is 3.53. The van der Waals surface area contributed by atoms with Crippen molar-refractivity contribution in [3.8, 4) is 11.5 Å². The van der Waals surface area contributed by atoms with Gasteiger partial charge in [-0.25, -0.2) is 4.79 Å². The van der Waals surface area contributed by atoms with Crippen LogP contribution in [-0.2, 0) is 4.79 Å². The first-order valence-electron chi connectivity index (χ1n) is 6.58. The van der Waals surface area contributed by atoms with Crippen LogP contribution >= 0.6 is 0 Å². The molecule has 1 aliphatic rings. The molecule has 5 heteroatoms. The molecular formula is C16H14O5. The van der Waals surface area contributed by atoms with Gasteiger partial charge in [0.05, 0.1) is 19.1 Å². The first-order valence-corrected chi connectivity index (χ1v) is 6.58. The van der Waals surface area contributed by atoms with Crippen molar-refractivity contribution >= 4 is 5.97 Å². The van der Waals surface area contributed by atoms with E-state index in [1.165, 1.54) is 0 Å². The van der Waals surface area contributed by atoms with Crippen LogP contribution in [0.25, 0.3) is 0 Å². The maximum Gasteiger partial charge on any atom is 0.343 e. The second-order valence-corrected chi connectivity index (χ2v) is 4.90. The van der Waals surface area contributed by atoms with Crippen LogP contribution in [0.1, 0.15) is 29.2 Å². The van der Waals surface area contributed by atoms with Crippen LogP contribution in [0.5, 0.6) is 11.5 Å². The highest BCUT2D eigenvalue weighted by atomic mass is 16.5. The molecule has 0 spiro atoms. The van der Waals surface area contributed by atoms with Crippen molar-refractivity contribution in [1.29, 1.82) is 0 Å². The van der Waals surface area contributed by atoms with Gasteiger partial charge in [0.15, 0.2) is 0 Å². The van der Waals surface area contributed by atoms with Crippen LogP contribution < -0.4 is 15.1 Å². The number of carbonyl (C=O) groups excluding carboxylic acids is 1. The average Bonchev–Trinajstić information content (AvgIpc) is 2.45. The van der Waals surface area contributed by atoms with Gasteiger partial charge in [-0.05, 0) is 13.0 Å². The molecule has 0 aliphatic carbocycles. The fourth-order valence-electron chi connectivity index (χ4n) is 2.64. The number of fused-ring (bicyclic) bond motifs is 1. The van der Waals surface area contributed by atoms with Crippen LogP contribution in [0.2, 0.25) is 0 Å². The third-order valence-corrected chi connectivity index (χ3v) is 3.53. The monoisotopic (exact) mass is 286 g/mol. The quantitative estimate of drug-likeness (QED) is 0.793. The Morgan fingerprint density at radius 3 is 2.76 bits per heavy atom. The fraction of sp³-hybridized carbons (Fsp3) is 0.250.